The van der Waals surface area contributed by atoms with Crippen molar-refractivity contribution in [2.24, 2.45) is 5.73 Å². The zero-order chi connectivity index (χ0) is 13.0. The number of nitrogens with two attached hydrogens (primary N) is 1. The Morgan fingerprint density at radius 3 is 2.71 bits per heavy atom. The Bertz CT molecular complexity index is 407. The molecule has 1 aromatic rings. The molecule has 94 valence electrons. The summed E-state index contributed by atoms with van der Waals surface area (Å²) in [4.78, 5) is 13.1. The van der Waals surface area contributed by atoms with Gasteiger partial charge in [0.2, 0.25) is 0 Å². The van der Waals surface area contributed by atoms with Crippen molar-refractivity contribution in [2.75, 3.05) is 14.1 Å². The van der Waals surface area contributed by atoms with E-state index in [4.69, 9.17) is 10.5 Å². The van der Waals surface area contributed by atoms with Gasteiger partial charge in [-0.3, -0.25) is 4.79 Å². The number of ether oxygens (including phenoxy) is 1. The van der Waals surface area contributed by atoms with E-state index >= 15 is 0 Å². The van der Waals surface area contributed by atoms with Crippen molar-refractivity contribution >= 4 is 21.8 Å². The summed E-state index contributed by atoms with van der Waals surface area (Å²) in [6, 6.07) is 5.51. The van der Waals surface area contributed by atoms with Crippen molar-refractivity contribution in [3.8, 4) is 5.75 Å². The molecule has 1 unspecified atom stereocenters. The Kier molecular flexibility index (Phi) is 4.96. The van der Waals surface area contributed by atoms with Crippen molar-refractivity contribution in [2.45, 2.75) is 19.6 Å². The topological polar surface area (TPSA) is 55.6 Å². The second-order valence-electron chi connectivity index (χ2n) is 3.95. The standard InChI is InChI=1S/C12H17BrN2O2/c1-8(12(16)15(2)3)17-10-4-5-11(13)9(6-10)7-14/h4-6,8H,7,14H2,1-3H3. The molecule has 0 saturated carbocycles. The molecular weight excluding hydrogens is 284 g/mol. The third-order valence-electron chi connectivity index (χ3n) is 2.34. The second-order valence-corrected chi connectivity index (χ2v) is 4.80. The molecule has 1 amide bonds. The number of halogens is 1. The summed E-state index contributed by atoms with van der Waals surface area (Å²) in [5, 5.41) is 0. The molecule has 1 aromatic carbocycles. The van der Waals surface area contributed by atoms with Gasteiger partial charge in [0.25, 0.3) is 5.91 Å². The molecule has 0 bridgehead atoms. The molecule has 0 aliphatic carbocycles. The number of hydrogen-bond donors (Lipinski definition) is 1. The minimum atomic E-state index is -0.503. The van der Waals surface area contributed by atoms with Gasteiger partial charge in [0.1, 0.15) is 5.75 Å². The van der Waals surface area contributed by atoms with Crippen LogP contribution in [-0.4, -0.2) is 31.0 Å². The smallest absolute Gasteiger partial charge is 0.262 e. The van der Waals surface area contributed by atoms with Crippen LogP contribution in [0.2, 0.25) is 0 Å². The minimum absolute atomic E-state index is 0.0674. The van der Waals surface area contributed by atoms with Crippen LogP contribution in [-0.2, 0) is 11.3 Å². The van der Waals surface area contributed by atoms with Gasteiger partial charge in [-0.1, -0.05) is 15.9 Å². The lowest BCUT2D eigenvalue weighted by Crippen LogP contribution is -2.35. The average Bonchev–Trinajstić information content (AvgIpc) is 2.30. The molecule has 2 N–H and O–H groups in total. The summed E-state index contributed by atoms with van der Waals surface area (Å²) in [5.41, 5.74) is 6.55. The number of carbonyl (C=O) groups excluding carboxylic acids is 1. The molecule has 0 spiro atoms. The summed E-state index contributed by atoms with van der Waals surface area (Å²) in [6.45, 7) is 2.15. The van der Waals surface area contributed by atoms with E-state index in [2.05, 4.69) is 15.9 Å². The van der Waals surface area contributed by atoms with Crippen LogP contribution >= 0.6 is 15.9 Å². The molecular formula is C12H17BrN2O2. The van der Waals surface area contributed by atoms with E-state index in [9.17, 15) is 4.79 Å². The normalized spacial score (nSPS) is 12.1. The molecule has 1 rings (SSSR count). The summed E-state index contributed by atoms with van der Waals surface area (Å²) in [6.07, 6.45) is -0.503. The van der Waals surface area contributed by atoms with Crippen LogP contribution in [0.25, 0.3) is 0 Å². The van der Waals surface area contributed by atoms with E-state index < -0.39 is 6.10 Å². The van der Waals surface area contributed by atoms with Gasteiger partial charge in [0.15, 0.2) is 6.10 Å². The van der Waals surface area contributed by atoms with Crippen LogP contribution < -0.4 is 10.5 Å². The van der Waals surface area contributed by atoms with Crippen LogP contribution in [0.15, 0.2) is 22.7 Å². The zero-order valence-electron chi connectivity index (χ0n) is 10.2. The van der Waals surface area contributed by atoms with Crippen molar-refractivity contribution in [3.63, 3.8) is 0 Å². The quantitative estimate of drug-likeness (QED) is 0.922. The summed E-state index contributed by atoms with van der Waals surface area (Å²) < 4.78 is 6.51. The second kappa shape index (κ2) is 6.02. The van der Waals surface area contributed by atoms with Gasteiger partial charge in [-0.2, -0.15) is 0 Å². The number of hydrogen-bond acceptors (Lipinski definition) is 3. The summed E-state index contributed by atoms with van der Waals surface area (Å²) >= 11 is 3.40. The van der Waals surface area contributed by atoms with Crippen LogP contribution in [0.4, 0.5) is 0 Å². The third-order valence-corrected chi connectivity index (χ3v) is 3.11. The van der Waals surface area contributed by atoms with Crippen LogP contribution in [0.1, 0.15) is 12.5 Å². The Balaban J connectivity index is 2.78. The van der Waals surface area contributed by atoms with Crippen molar-refractivity contribution in [1.29, 1.82) is 0 Å². The molecule has 5 heteroatoms. The van der Waals surface area contributed by atoms with Crippen LogP contribution in [0.3, 0.4) is 0 Å². The first kappa shape index (κ1) is 14.0. The molecule has 0 fully saturated rings. The van der Waals surface area contributed by atoms with E-state index in [-0.39, 0.29) is 5.91 Å². The highest BCUT2D eigenvalue weighted by atomic mass is 79.9. The maximum atomic E-state index is 11.6. The maximum Gasteiger partial charge on any atom is 0.262 e. The van der Waals surface area contributed by atoms with Crippen LogP contribution in [0, 0.1) is 0 Å². The molecule has 0 aliphatic rings. The van der Waals surface area contributed by atoms with Gasteiger partial charge in [-0.25, -0.2) is 0 Å². The molecule has 0 aliphatic heterocycles. The molecule has 0 saturated heterocycles. The van der Waals surface area contributed by atoms with E-state index in [1.54, 1.807) is 21.0 Å². The summed E-state index contributed by atoms with van der Waals surface area (Å²) in [5.74, 6) is 0.582. The number of likely N-dealkylation sites (N-methyl/N-ethyl adjacent to an activating group) is 1. The number of carbonyl (C=O) groups is 1. The molecule has 4 nitrogen and oxygen atoms in total. The number of nitrogens with zero attached hydrogens (tertiary/aromatic N) is 1. The molecule has 0 heterocycles. The van der Waals surface area contributed by atoms with Crippen molar-refractivity contribution < 1.29 is 9.53 Å². The highest BCUT2D eigenvalue weighted by Crippen LogP contribution is 2.23. The maximum absolute atomic E-state index is 11.6. The zero-order valence-corrected chi connectivity index (χ0v) is 11.8. The van der Waals surface area contributed by atoms with E-state index in [1.807, 2.05) is 18.2 Å². The average molecular weight is 301 g/mol. The lowest BCUT2D eigenvalue weighted by molar-refractivity contribution is -0.135. The van der Waals surface area contributed by atoms with Gasteiger partial charge in [0.05, 0.1) is 0 Å². The third kappa shape index (κ3) is 3.71. The van der Waals surface area contributed by atoms with Gasteiger partial charge >= 0.3 is 0 Å². The largest absolute Gasteiger partial charge is 0.481 e. The fourth-order valence-electron chi connectivity index (χ4n) is 1.40. The first-order valence-electron chi connectivity index (χ1n) is 5.32. The van der Waals surface area contributed by atoms with Crippen molar-refractivity contribution in [3.05, 3.63) is 28.2 Å². The predicted molar refractivity (Wildman–Crippen MR) is 70.8 cm³/mol. The molecule has 1 atom stereocenters. The lowest BCUT2D eigenvalue weighted by Gasteiger charge is -2.18. The van der Waals surface area contributed by atoms with Gasteiger partial charge in [0, 0.05) is 25.1 Å². The van der Waals surface area contributed by atoms with E-state index in [1.165, 1.54) is 4.90 Å². The highest BCUT2D eigenvalue weighted by molar-refractivity contribution is 9.10. The monoisotopic (exact) mass is 300 g/mol. The fraction of sp³-hybridized carbons (Fsp3) is 0.417. The first-order chi connectivity index (χ1) is 7.95. The Morgan fingerprint density at radius 1 is 1.53 bits per heavy atom. The SMILES string of the molecule is CC(Oc1ccc(Br)c(CN)c1)C(=O)N(C)C. The fourth-order valence-corrected chi connectivity index (χ4v) is 1.81. The van der Waals surface area contributed by atoms with Gasteiger partial charge in [-0.15, -0.1) is 0 Å². The summed E-state index contributed by atoms with van der Waals surface area (Å²) in [7, 11) is 3.41. The molecule has 0 aromatic heterocycles. The first-order valence-corrected chi connectivity index (χ1v) is 6.11. The van der Waals surface area contributed by atoms with Gasteiger partial charge < -0.3 is 15.4 Å². The Hall–Kier alpha value is -1.07. The molecule has 0 radical (unpaired) electrons. The van der Waals surface area contributed by atoms with Crippen molar-refractivity contribution in [1.82, 2.24) is 4.90 Å². The molecule has 17 heavy (non-hydrogen) atoms. The highest BCUT2D eigenvalue weighted by Gasteiger charge is 2.16. The number of rotatable bonds is 4. The van der Waals surface area contributed by atoms with E-state index in [0.717, 1.165) is 10.0 Å². The number of amides is 1. The van der Waals surface area contributed by atoms with Crippen LogP contribution in [0.5, 0.6) is 5.75 Å². The Morgan fingerprint density at radius 2 is 2.18 bits per heavy atom. The van der Waals surface area contributed by atoms with E-state index in [0.29, 0.717) is 12.3 Å². The Labute approximate surface area is 110 Å². The predicted octanol–water partition coefficient (Wildman–Crippen LogP) is 1.76. The minimum Gasteiger partial charge on any atom is -0.481 e. The number of benzene rings is 1. The van der Waals surface area contributed by atoms with Gasteiger partial charge in [-0.05, 0) is 30.7 Å². The lowest BCUT2D eigenvalue weighted by atomic mass is 10.2.